The quantitative estimate of drug-likeness (QED) is 0.0789. The SMILES string of the molecule is C=C.C=Cc1c(C)c2cc3nc(c(CC(=O)OC)c4nc(cc5[nH]c(cc1[nH]2)c(C)c5CC)C(C)=C4C(=O)OC)CC3C.CCC(=O)N(C)CCCSC1CC(O)CC(CO)O1. The highest BCUT2D eigenvalue weighted by atomic mass is 32.2. The lowest BCUT2D eigenvalue weighted by atomic mass is 9.97. The number of carbonyl (C=O) groups is 3. The molecule has 3 aromatic rings. The average molecular weight is 872 g/mol. The van der Waals surface area contributed by atoms with Crippen LogP contribution >= 0.6 is 11.8 Å². The minimum atomic E-state index is -0.508. The number of aliphatic hydroxyl groups excluding tert-OH is 2. The van der Waals surface area contributed by atoms with Gasteiger partial charge in [-0.2, -0.15) is 0 Å². The number of allylic oxidation sites excluding steroid dienone is 1. The van der Waals surface area contributed by atoms with Gasteiger partial charge in [-0.05, 0) is 86.2 Å². The molecule has 3 aromatic heterocycles. The Morgan fingerprint density at radius 3 is 2.31 bits per heavy atom. The topological polar surface area (TPSA) is 180 Å². The Bertz CT molecular complexity index is 2310. The predicted octanol–water partition coefficient (Wildman–Crippen LogP) is 7.94. The molecule has 336 valence electrons. The van der Waals surface area contributed by atoms with E-state index in [9.17, 15) is 19.5 Å². The van der Waals surface area contributed by atoms with Crippen molar-refractivity contribution in [3.8, 4) is 0 Å². The molecule has 0 saturated carbocycles. The van der Waals surface area contributed by atoms with Crippen LogP contribution in [0.3, 0.4) is 0 Å². The van der Waals surface area contributed by atoms with E-state index in [2.05, 4.69) is 69.5 Å². The van der Waals surface area contributed by atoms with E-state index in [0.29, 0.717) is 59.5 Å². The van der Waals surface area contributed by atoms with E-state index in [1.54, 1.807) is 16.7 Å². The number of aryl methyl sites for hydroxylation is 3. The molecule has 3 aliphatic rings. The molecule has 1 amide bonds. The summed E-state index contributed by atoms with van der Waals surface area (Å²) >= 11 is 1.65. The third-order valence-electron chi connectivity index (χ3n) is 11.5. The average Bonchev–Trinajstić information content (AvgIpc) is 3.98. The number of nitrogens with one attached hydrogen (secondary N) is 2. The zero-order valence-electron chi connectivity index (χ0n) is 37.9. The first kappa shape index (κ1) is 49.6. The lowest BCUT2D eigenvalue weighted by molar-refractivity contribution is -0.140. The molecule has 62 heavy (non-hydrogen) atoms. The van der Waals surface area contributed by atoms with E-state index in [0.717, 1.165) is 75.2 Å². The molecule has 4 unspecified atom stereocenters. The summed E-state index contributed by atoms with van der Waals surface area (Å²) in [7, 11) is 4.52. The van der Waals surface area contributed by atoms with Gasteiger partial charge in [0.05, 0.1) is 56.4 Å². The highest BCUT2D eigenvalue weighted by molar-refractivity contribution is 7.99. The van der Waals surface area contributed by atoms with Crippen LogP contribution in [0, 0.1) is 13.8 Å². The Morgan fingerprint density at radius 1 is 0.984 bits per heavy atom. The molecular weight excluding hydrogens is 807 g/mol. The maximum Gasteiger partial charge on any atom is 0.340 e. The summed E-state index contributed by atoms with van der Waals surface area (Å²) < 4.78 is 15.9. The van der Waals surface area contributed by atoms with Crippen molar-refractivity contribution in [1.82, 2.24) is 24.8 Å². The van der Waals surface area contributed by atoms with Crippen molar-refractivity contribution in [3.63, 3.8) is 0 Å². The van der Waals surface area contributed by atoms with Crippen molar-refractivity contribution in [2.24, 2.45) is 0 Å². The van der Waals surface area contributed by atoms with Crippen LogP contribution in [0.5, 0.6) is 0 Å². The molecule has 1 saturated heterocycles. The van der Waals surface area contributed by atoms with Crippen molar-refractivity contribution >= 4 is 68.9 Å². The molecule has 0 spiro atoms. The van der Waals surface area contributed by atoms with Crippen LogP contribution in [-0.4, -0.2) is 111 Å². The summed E-state index contributed by atoms with van der Waals surface area (Å²) in [6, 6.07) is 6.16. The van der Waals surface area contributed by atoms with Crippen molar-refractivity contribution in [2.45, 2.75) is 110 Å². The van der Waals surface area contributed by atoms with Gasteiger partial charge in [0.25, 0.3) is 0 Å². The monoisotopic (exact) mass is 871 g/mol. The van der Waals surface area contributed by atoms with E-state index in [1.165, 1.54) is 14.2 Å². The number of H-pyrrole nitrogens is 2. The second-order valence-electron chi connectivity index (χ2n) is 15.6. The number of fused-ring (bicyclic) bond motifs is 8. The van der Waals surface area contributed by atoms with Crippen LogP contribution in [0.25, 0.3) is 39.3 Å². The van der Waals surface area contributed by atoms with Gasteiger partial charge in [0, 0.05) is 83.4 Å². The standard InChI is InChI=1S/C33H36N4O4.C13H25NO4S.C2H4/c1-9-20-17(4)24-13-23-16(3)11-27(34-23)22(12-30(38)40-7)32-31(33(39)41-8)19(6)26(37-32)15-29-21(10-2)18(5)25(36-29)14-28(20)35-24;1-3-12(17)14(2)5-4-6-19-13-8-10(16)7-11(9-15)18-13;1-2/h9,13-16,35-36H,1,10-12H2,2-8H3;10-11,13,15-16H,3-9H2,1-2H3;1-2H2. The third kappa shape index (κ3) is 11.5. The van der Waals surface area contributed by atoms with Crippen molar-refractivity contribution < 1.29 is 38.8 Å². The van der Waals surface area contributed by atoms with Gasteiger partial charge in [0.2, 0.25) is 5.91 Å². The minimum Gasteiger partial charge on any atom is -0.469 e. The van der Waals surface area contributed by atoms with Crippen LogP contribution in [-0.2, 0) is 47.9 Å². The van der Waals surface area contributed by atoms with Crippen LogP contribution in [0.2, 0.25) is 0 Å². The van der Waals surface area contributed by atoms with E-state index in [1.807, 2.05) is 33.0 Å². The van der Waals surface area contributed by atoms with Gasteiger partial charge in [-0.15, -0.1) is 24.9 Å². The fraction of sp³-hybridized carbons (Fsp3) is 0.479. The zero-order chi connectivity index (χ0) is 45.8. The van der Waals surface area contributed by atoms with E-state index >= 15 is 0 Å². The second-order valence-corrected chi connectivity index (χ2v) is 16.9. The molecule has 6 heterocycles. The molecule has 0 aliphatic carbocycles. The number of amides is 1. The largest absolute Gasteiger partial charge is 0.469 e. The van der Waals surface area contributed by atoms with Gasteiger partial charge in [0.15, 0.2) is 0 Å². The van der Waals surface area contributed by atoms with Gasteiger partial charge in [-0.1, -0.05) is 33.4 Å². The zero-order valence-corrected chi connectivity index (χ0v) is 38.7. The number of methoxy groups -OCH3 is 2. The highest BCUT2D eigenvalue weighted by Gasteiger charge is 2.31. The molecule has 0 aromatic carbocycles. The molecule has 4 atom stereocenters. The first-order chi connectivity index (χ1) is 29.7. The predicted molar refractivity (Wildman–Crippen MR) is 250 cm³/mol. The van der Waals surface area contributed by atoms with Crippen molar-refractivity contribution in [2.75, 3.05) is 40.2 Å². The molecule has 4 N–H and O–H groups in total. The highest BCUT2D eigenvalue weighted by Crippen LogP contribution is 2.37. The number of aliphatic hydroxyl groups is 2. The van der Waals surface area contributed by atoms with Crippen molar-refractivity contribution in [1.29, 1.82) is 0 Å². The first-order valence-electron chi connectivity index (χ1n) is 21.2. The molecular formula is C48H65N5O8S. The Labute approximate surface area is 370 Å². The Morgan fingerprint density at radius 2 is 1.68 bits per heavy atom. The number of esters is 2. The van der Waals surface area contributed by atoms with E-state index in [4.69, 9.17) is 29.3 Å². The smallest absolute Gasteiger partial charge is 0.340 e. The Kier molecular flexibility index (Phi) is 18.3. The summed E-state index contributed by atoms with van der Waals surface area (Å²) in [6.07, 6.45) is 5.17. The number of aromatic amines is 2. The summed E-state index contributed by atoms with van der Waals surface area (Å²) in [5.41, 5.74) is 12.4. The van der Waals surface area contributed by atoms with Gasteiger partial charge < -0.3 is 39.3 Å². The maximum atomic E-state index is 13.1. The first-order valence-corrected chi connectivity index (χ1v) is 22.3. The normalized spacial score (nSPS) is 18.2. The van der Waals surface area contributed by atoms with Crippen LogP contribution in [0.15, 0.2) is 37.9 Å². The summed E-state index contributed by atoms with van der Waals surface area (Å²) in [6.45, 7) is 22.9. The van der Waals surface area contributed by atoms with Crippen LogP contribution in [0.4, 0.5) is 0 Å². The number of aromatic nitrogens is 4. The summed E-state index contributed by atoms with van der Waals surface area (Å²) in [4.78, 5) is 56.1. The second kappa shape index (κ2) is 22.9. The number of nitrogens with zero attached hydrogens (tertiary/aromatic N) is 3. The van der Waals surface area contributed by atoms with Crippen LogP contribution < -0.4 is 0 Å². The summed E-state index contributed by atoms with van der Waals surface area (Å²) in [5.74, 6) is 0.189. The summed E-state index contributed by atoms with van der Waals surface area (Å²) in [5, 5.41) is 18.7. The number of carbonyl (C=O) groups excluding carboxylic acids is 3. The number of hydrogen-bond acceptors (Lipinski definition) is 11. The number of thioether (sulfide) groups is 1. The number of hydrogen-bond donors (Lipinski definition) is 4. The molecule has 6 rings (SSSR count). The lowest BCUT2D eigenvalue weighted by Crippen LogP contribution is -2.36. The third-order valence-corrected chi connectivity index (χ3v) is 12.7. The maximum absolute atomic E-state index is 13.1. The fourth-order valence-corrected chi connectivity index (χ4v) is 9.13. The number of rotatable bonds is 12. The minimum absolute atomic E-state index is 0.0398. The van der Waals surface area contributed by atoms with E-state index < -0.39 is 11.9 Å². The molecule has 14 heteroatoms. The fourth-order valence-electron chi connectivity index (χ4n) is 7.98. The van der Waals surface area contributed by atoms with Gasteiger partial charge in [-0.25, -0.2) is 9.78 Å². The molecule has 13 nitrogen and oxygen atoms in total. The van der Waals surface area contributed by atoms with Crippen LogP contribution in [0.1, 0.15) is 110 Å². The molecule has 8 bridgehead atoms. The van der Waals surface area contributed by atoms with Crippen molar-refractivity contribution in [3.05, 3.63) is 88.5 Å². The van der Waals surface area contributed by atoms with Gasteiger partial charge >= 0.3 is 11.9 Å². The molecule has 1 fully saturated rings. The molecule has 3 aliphatic heterocycles. The van der Waals surface area contributed by atoms with Gasteiger partial charge in [0.1, 0.15) is 5.44 Å². The number of ether oxygens (including phenoxy) is 3. The molecule has 0 radical (unpaired) electrons. The Hall–Kier alpha value is -5.02. The Balaban J connectivity index is 0.000000338. The van der Waals surface area contributed by atoms with Gasteiger partial charge in [-0.3, -0.25) is 14.6 Å². The lowest BCUT2D eigenvalue weighted by Gasteiger charge is -2.31. The van der Waals surface area contributed by atoms with E-state index in [-0.39, 0.29) is 42.5 Å².